The third-order valence-corrected chi connectivity index (χ3v) is 6.64. The number of rotatable bonds is 3. The van der Waals surface area contributed by atoms with Gasteiger partial charge in [-0.1, -0.05) is 29.3 Å². The minimum Gasteiger partial charge on any atom is -0.452 e. The molecule has 0 bridgehead atoms. The lowest BCUT2D eigenvalue weighted by molar-refractivity contribution is -0.174. The van der Waals surface area contributed by atoms with Gasteiger partial charge in [0.25, 0.3) is 5.91 Å². The Morgan fingerprint density at radius 3 is 2.65 bits per heavy atom. The Bertz CT molecular complexity index is 1170. The van der Waals surface area contributed by atoms with Gasteiger partial charge in [-0.2, -0.15) is 18.3 Å². The molecule has 2 aromatic heterocycles. The van der Waals surface area contributed by atoms with Crippen LogP contribution >= 0.6 is 55.1 Å². The number of halogens is 7. The van der Waals surface area contributed by atoms with E-state index in [0.29, 0.717) is 10.4 Å². The number of alkyl halides is 3. The summed E-state index contributed by atoms with van der Waals surface area (Å²) in [6.07, 6.45) is -4.97. The molecule has 0 saturated carbocycles. The smallest absolute Gasteiger partial charge is 0.410 e. The second-order valence-electron chi connectivity index (χ2n) is 6.64. The van der Waals surface area contributed by atoms with Gasteiger partial charge in [0.15, 0.2) is 16.4 Å². The van der Waals surface area contributed by atoms with Crippen molar-refractivity contribution in [3.63, 3.8) is 0 Å². The van der Waals surface area contributed by atoms with Gasteiger partial charge in [-0.15, -0.1) is 0 Å². The van der Waals surface area contributed by atoms with Gasteiger partial charge in [0, 0.05) is 6.42 Å². The highest BCUT2D eigenvalue weighted by Gasteiger charge is 2.48. The molecule has 3 aromatic rings. The number of hydrogen-bond acceptors (Lipinski definition) is 4. The third-order valence-electron chi connectivity index (χ3n) is 4.65. The average Bonchev–Trinajstić information content (AvgIpc) is 3.27. The molecule has 164 valence electrons. The Morgan fingerprint density at radius 1 is 1.26 bits per heavy atom. The molecule has 0 saturated heterocycles. The normalized spacial score (nSPS) is 18.4. The molecule has 6 nitrogen and oxygen atoms in total. The summed E-state index contributed by atoms with van der Waals surface area (Å²) in [5.74, 6) is -0.427. The molecule has 1 aliphatic heterocycles. The molecule has 31 heavy (non-hydrogen) atoms. The number of amides is 1. The lowest BCUT2D eigenvalue weighted by Crippen LogP contribution is -2.35. The zero-order valence-corrected chi connectivity index (χ0v) is 19.8. The number of hydrogen-bond donors (Lipinski definition) is 2. The van der Waals surface area contributed by atoms with Crippen molar-refractivity contribution >= 4 is 72.5 Å². The lowest BCUT2D eigenvalue weighted by Gasteiger charge is -2.32. The van der Waals surface area contributed by atoms with Gasteiger partial charge in [-0.3, -0.25) is 4.79 Å². The highest BCUT2D eigenvalue weighted by Crippen LogP contribution is 2.46. The molecule has 1 aromatic carbocycles. The fourth-order valence-corrected chi connectivity index (χ4v) is 4.44. The van der Waals surface area contributed by atoms with E-state index in [4.69, 9.17) is 27.6 Å². The zero-order chi connectivity index (χ0) is 22.5. The fourth-order valence-electron chi connectivity index (χ4n) is 3.22. The van der Waals surface area contributed by atoms with Crippen LogP contribution in [0.2, 0.25) is 10.0 Å². The zero-order valence-electron chi connectivity index (χ0n) is 15.1. The fraction of sp³-hybridized carbons (Fsp3) is 0.222. The number of carbonyl (C=O) groups excluding carboxylic acids is 1. The molecular formula is C18H11Br2Cl2F3N4O2. The molecule has 1 amide bonds. The monoisotopic (exact) mass is 600 g/mol. The van der Waals surface area contributed by atoms with E-state index in [1.54, 1.807) is 18.2 Å². The quantitative estimate of drug-likeness (QED) is 0.332. The summed E-state index contributed by atoms with van der Waals surface area (Å²) < 4.78 is 48.1. The first-order valence-electron chi connectivity index (χ1n) is 8.68. The maximum absolute atomic E-state index is 13.8. The first kappa shape index (κ1) is 22.5. The minimum atomic E-state index is -4.60. The van der Waals surface area contributed by atoms with Gasteiger partial charge in [0.2, 0.25) is 0 Å². The van der Waals surface area contributed by atoms with Crippen molar-refractivity contribution in [2.75, 3.05) is 10.6 Å². The van der Waals surface area contributed by atoms with E-state index >= 15 is 0 Å². The summed E-state index contributed by atoms with van der Waals surface area (Å²) in [7, 11) is 0. The first-order valence-corrected chi connectivity index (χ1v) is 11.0. The summed E-state index contributed by atoms with van der Waals surface area (Å²) in [4.78, 5) is 12.8. The SMILES string of the molecule is O=C(Nc1cccc(Cl)c1Cl)c1nn2c(c1Br)N[C@@H](c1ccc(Br)o1)C[C@H]2C(F)(F)F. The number of anilines is 2. The number of nitrogens with one attached hydrogen (secondary N) is 2. The summed E-state index contributed by atoms with van der Waals surface area (Å²) in [6, 6.07) is 5.04. The Hall–Kier alpha value is -1.69. The van der Waals surface area contributed by atoms with Crippen LogP contribution in [-0.4, -0.2) is 21.9 Å². The van der Waals surface area contributed by atoms with Gasteiger partial charge >= 0.3 is 6.18 Å². The molecule has 0 aliphatic carbocycles. The van der Waals surface area contributed by atoms with Gasteiger partial charge in [-0.25, -0.2) is 4.68 Å². The summed E-state index contributed by atoms with van der Waals surface area (Å²) in [5.41, 5.74) is -0.0373. The van der Waals surface area contributed by atoms with E-state index in [0.717, 1.165) is 4.68 Å². The second-order valence-corrected chi connectivity index (χ2v) is 9.00. The molecule has 2 N–H and O–H groups in total. The topological polar surface area (TPSA) is 72.1 Å². The highest BCUT2D eigenvalue weighted by atomic mass is 79.9. The van der Waals surface area contributed by atoms with Gasteiger partial charge in [0.1, 0.15) is 11.6 Å². The Labute approximate surface area is 200 Å². The van der Waals surface area contributed by atoms with Crippen molar-refractivity contribution in [1.82, 2.24) is 9.78 Å². The molecule has 2 atom stereocenters. The van der Waals surface area contributed by atoms with Crippen molar-refractivity contribution in [2.45, 2.75) is 24.7 Å². The van der Waals surface area contributed by atoms with Gasteiger partial charge in [-0.05, 0) is 56.1 Å². The molecule has 3 heterocycles. The maximum atomic E-state index is 13.8. The molecule has 1 aliphatic rings. The van der Waals surface area contributed by atoms with E-state index in [2.05, 4.69) is 47.6 Å². The number of aromatic nitrogens is 2. The van der Waals surface area contributed by atoms with Crippen LogP contribution in [0.3, 0.4) is 0 Å². The van der Waals surface area contributed by atoms with E-state index in [1.165, 1.54) is 12.1 Å². The van der Waals surface area contributed by atoms with Gasteiger partial charge < -0.3 is 15.1 Å². The van der Waals surface area contributed by atoms with Crippen molar-refractivity contribution in [2.24, 2.45) is 0 Å². The molecule has 0 radical (unpaired) electrons. The van der Waals surface area contributed by atoms with Crippen LogP contribution in [-0.2, 0) is 0 Å². The van der Waals surface area contributed by atoms with Crippen LogP contribution in [0.5, 0.6) is 0 Å². The van der Waals surface area contributed by atoms with E-state index in [9.17, 15) is 18.0 Å². The number of benzene rings is 1. The molecular weight excluding hydrogens is 592 g/mol. The minimum absolute atomic E-state index is 0.00781. The average molecular weight is 603 g/mol. The van der Waals surface area contributed by atoms with Crippen LogP contribution in [0, 0.1) is 0 Å². The summed E-state index contributed by atoms with van der Waals surface area (Å²) in [5, 5.41) is 9.75. The van der Waals surface area contributed by atoms with Crippen LogP contribution in [0.1, 0.15) is 34.8 Å². The second kappa shape index (κ2) is 8.34. The number of carbonyl (C=O) groups is 1. The molecule has 0 spiro atoms. The molecule has 4 rings (SSSR count). The predicted molar refractivity (Wildman–Crippen MR) is 117 cm³/mol. The Morgan fingerprint density at radius 2 is 2.00 bits per heavy atom. The number of fused-ring (bicyclic) bond motifs is 1. The van der Waals surface area contributed by atoms with Crippen molar-refractivity contribution in [1.29, 1.82) is 0 Å². The van der Waals surface area contributed by atoms with Crippen molar-refractivity contribution in [3.8, 4) is 0 Å². The van der Waals surface area contributed by atoms with Crippen LogP contribution in [0.15, 0.2) is 43.9 Å². The van der Waals surface area contributed by atoms with Crippen LogP contribution < -0.4 is 10.6 Å². The van der Waals surface area contributed by atoms with Crippen LogP contribution in [0.4, 0.5) is 24.7 Å². The van der Waals surface area contributed by atoms with Crippen molar-refractivity contribution in [3.05, 3.63) is 61.0 Å². The number of nitrogens with zero attached hydrogens (tertiary/aromatic N) is 2. The maximum Gasteiger partial charge on any atom is 0.410 e. The van der Waals surface area contributed by atoms with E-state index in [1.807, 2.05) is 0 Å². The highest BCUT2D eigenvalue weighted by molar-refractivity contribution is 9.10. The third kappa shape index (κ3) is 4.33. The van der Waals surface area contributed by atoms with E-state index in [-0.39, 0.29) is 38.1 Å². The molecule has 0 unspecified atom stereocenters. The van der Waals surface area contributed by atoms with Crippen LogP contribution in [0.25, 0.3) is 0 Å². The molecule has 13 heteroatoms. The van der Waals surface area contributed by atoms with Crippen molar-refractivity contribution < 1.29 is 22.4 Å². The summed E-state index contributed by atoms with van der Waals surface area (Å²) >= 11 is 18.4. The Kier molecular flexibility index (Phi) is 6.06. The Balaban J connectivity index is 1.71. The standard InChI is InChI=1S/C18H11Br2Cl2F3N4O2/c19-12-5-4-10(31-12)9-6-11(18(23,24)25)29-16(26-9)13(20)15(28-29)17(30)27-8-3-1-2-7(21)14(8)22/h1-5,9,11,26H,6H2,(H,27,30)/t9-,11+/m1/s1. The first-order chi connectivity index (χ1) is 14.6. The lowest BCUT2D eigenvalue weighted by atomic mass is 10.0. The van der Waals surface area contributed by atoms with E-state index < -0.39 is 24.2 Å². The molecule has 0 fully saturated rings. The predicted octanol–water partition coefficient (Wildman–Crippen LogP) is 7.22. The largest absolute Gasteiger partial charge is 0.452 e. The van der Waals surface area contributed by atoms with Gasteiger partial charge in [0.05, 0.1) is 26.2 Å². The number of furan rings is 1. The summed E-state index contributed by atoms with van der Waals surface area (Å²) in [6.45, 7) is 0.